The van der Waals surface area contributed by atoms with Crippen molar-refractivity contribution in [3.8, 4) is 0 Å². The summed E-state index contributed by atoms with van der Waals surface area (Å²) in [4.78, 5) is 24.6. The fourth-order valence-electron chi connectivity index (χ4n) is 2.28. The molecule has 0 spiro atoms. The molecule has 28 heavy (non-hydrogen) atoms. The van der Waals surface area contributed by atoms with Gasteiger partial charge in [-0.2, -0.15) is 0 Å². The number of rotatable bonds is 11. The van der Waals surface area contributed by atoms with E-state index in [1.807, 2.05) is 18.2 Å². The van der Waals surface area contributed by atoms with Crippen LogP contribution in [0.15, 0.2) is 30.3 Å². The number of ketones is 1. The van der Waals surface area contributed by atoms with Crippen LogP contribution in [0.4, 0.5) is 4.79 Å². The summed E-state index contributed by atoms with van der Waals surface area (Å²) in [6.07, 6.45) is -0.445. The zero-order valence-electron chi connectivity index (χ0n) is 18.0. The van der Waals surface area contributed by atoms with Gasteiger partial charge in [0.2, 0.25) is 0 Å². The van der Waals surface area contributed by atoms with Crippen molar-refractivity contribution in [2.45, 2.75) is 64.5 Å². The molecule has 0 aliphatic heterocycles. The highest BCUT2D eigenvalue weighted by Gasteiger charge is 2.22. The average Bonchev–Trinajstić information content (AvgIpc) is 2.55. The number of alkyl carbamates (subject to hydrolysis) is 1. The second kappa shape index (κ2) is 11.3. The van der Waals surface area contributed by atoms with E-state index < -0.39 is 25.8 Å². The summed E-state index contributed by atoms with van der Waals surface area (Å²) in [6, 6.07) is 9.55. The van der Waals surface area contributed by atoms with Crippen molar-refractivity contribution in [1.29, 1.82) is 0 Å². The molecule has 0 unspecified atom stereocenters. The Morgan fingerprint density at radius 2 is 1.71 bits per heavy atom. The van der Waals surface area contributed by atoms with Crippen molar-refractivity contribution >= 4 is 20.0 Å². The summed E-state index contributed by atoms with van der Waals surface area (Å²) in [5, 5.41) is 2.73. The van der Waals surface area contributed by atoms with Gasteiger partial charge in [-0.1, -0.05) is 50.0 Å². The van der Waals surface area contributed by atoms with Crippen LogP contribution < -0.4 is 5.32 Å². The van der Waals surface area contributed by atoms with Crippen molar-refractivity contribution in [2.75, 3.05) is 20.0 Å². The lowest BCUT2D eigenvalue weighted by molar-refractivity contribution is -0.0563. The van der Waals surface area contributed by atoms with Gasteiger partial charge in [-0.3, -0.25) is 4.79 Å². The number of hydrogen-bond acceptors (Lipinski definition) is 5. The summed E-state index contributed by atoms with van der Waals surface area (Å²) in [7, 11) is -1.14. The molecule has 1 amide bonds. The smallest absolute Gasteiger partial charge is 0.407 e. The number of amides is 1. The topological polar surface area (TPSA) is 73.9 Å². The number of carbonyl (C=O) groups is 2. The molecule has 0 radical (unpaired) electrons. The first-order valence-electron chi connectivity index (χ1n) is 9.69. The van der Waals surface area contributed by atoms with E-state index >= 15 is 0 Å². The molecule has 0 aliphatic rings. The summed E-state index contributed by atoms with van der Waals surface area (Å²) in [5.41, 5.74) is -0.0105. The van der Waals surface area contributed by atoms with E-state index in [0.717, 1.165) is 6.04 Å². The van der Waals surface area contributed by atoms with Gasteiger partial charge in [0.1, 0.15) is 12.4 Å². The fraction of sp³-hybridized carbons (Fsp3) is 0.619. The standard InChI is InChI=1S/C21H35NO5Si/c1-21(2,3)27-20(24)22-18(14-19(23)17-10-8-7-9-11-17)15-26-16-25-12-13-28(4,5)6/h7-11,18H,12-16H2,1-6H3,(H,22,24)/t18-/m0/s1. The number of carbonyl (C=O) groups excluding carboxylic acids is 2. The molecule has 0 saturated heterocycles. The van der Waals surface area contributed by atoms with Crippen molar-refractivity contribution in [3.63, 3.8) is 0 Å². The van der Waals surface area contributed by atoms with Crippen LogP contribution in [-0.2, 0) is 14.2 Å². The Balaban J connectivity index is 2.55. The lowest BCUT2D eigenvalue weighted by Crippen LogP contribution is -2.42. The van der Waals surface area contributed by atoms with E-state index in [1.165, 1.54) is 0 Å². The molecule has 0 bridgehead atoms. The third kappa shape index (κ3) is 11.9. The van der Waals surface area contributed by atoms with Crippen molar-refractivity contribution in [3.05, 3.63) is 35.9 Å². The van der Waals surface area contributed by atoms with Gasteiger partial charge in [-0.15, -0.1) is 0 Å². The zero-order chi connectivity index (χ0) is 21.2. The van der Waals surface area contributed by atoms with E-state index in [-0.39, 0.29) is 25.6 Å². The molecule has 0 aromatic heterocycles. The lowest BCUT2D eigenvalue weighted by atomic mass is 10.0. The van der Waals surface area contributed by atoms with Crippen LogP contribution >= 0.6 is 0 Å². The number of hydrogen-bond donors (Lipinski definition) is 1. The SMILES string of the molecule is CC(C)(C)OC(=O)N[C@H](COCOCC[Si](C)(C)C)CC(=O)c1ccccc1. The molecular formula is C21H35NO5Si. The molecule has 158 valence electrons. The van der Waals surface area contributed by atoms with Crippen LogP contribution in [0, 0.1) is 0 Å². The highest BCUT2D eigenvalue weighted by molar-refractivity contribution is 6.76. The Labute approximate surface area is 170 Å². The maximum Gasteiger partial charge on any atom is 0.407 e. The van der Waals surface area contributed by atoms with Gasteiger partial charge < -0.3 is 19.5 Å². The highest BCUT2D eigenvalue weighted by atomic mass is 28.3. The van der Waals surface area contributed by atoms with Crippen LogP contribution in [0.5, 0.6) is 0 Å². The number of ether oxygens (including phenoxy) is 3. The highest BCUT2D eigenvalue weighted by Crippen LogP contribution is 2.10. The largest absolute Gasteiger partial charge is 0.444 e. The molecule has 0 fully saturated rings. The number of benzene rings is 1. The maximum atomic E-state index is 12.5. The van der Waals surface area contributed by atoms with Gasteiger partial charge in [0.25, 0.3) is 0 Å². The van der Waals surface area contributed by atoms with Crippen LogP contribution in [0.2, 0.25) is 25.7 Å². The predicted molar refractivity (Wildman–Crippen MR) is 113 cm³/mol. The van der Waals surface area contributed by atoms with Gasteiger partial charge in [-0.05, 0) is 26.8 Å². The first-order valence-corrected chi connectivity index (χ1v) is 13.4. The normalized spacial score (nSPS) is 13.1. The second-order valence-corrected chi connectivity index (χ2v) is 14.7. The molecule has 1 rings (SSSR count). The first kappa shape index (κ1) is 24.3. The Bertz CT molecular complexity index is 607. The van der Waals surface area contributed by atoms with Crippen LogP contribution in [0.3, 0.4) is 0 Å². The van der Waals surface area contributed by atoms with Crippen molar-refractivity contribution in [2.24, 2.45) is 0 Å². The van der Waals surface area contributed by atoms with E-state index in [2.05, 4.69) is 25.0 Å². The average molecular weight is 410 g/mol. The molecule has 1 aromatic rings. The molecule has 1 aromatic carbocycles. The Kier molecular flexibility index (Phi) is 9.85. The maximum absolute atomic E-state index is 12.5. The minimum Gasteiger partial charge on any atom is -0.444 e. The zero-order valence-corrected chi connectivity index (χ0v) is 19.0. The number of nitrogens with one attached hydrogen (secondary N) is 1. The van der Waals surface area contributed by atoms with Crippen LogP contribution in [0.1, 0.15) is 37.6 Å². The third-order valence-electron chi connectivity index (χ3n) is 3.73. The molecule has 1 N–H and O–H groups in total. The predicted octanol–water partition coefficient (Wildman–Crippen LogP) is 4.48. The fourth-order valence-corrected chi connectivity index (χ4v) is 3.03. The van der Waals surface area contributed by atoms with Crippen molar-refractivity contribution in [1.82, 2.24) is 5.32 Å². The molecule has 1 atom stereocenters. The van der Waals surface area contributed by atoms with Gasteiger partial charge in [0, 0.05) is 26.7 Å². The van der Waals surface area contributed by atoms with Crippen molar-refractivity contribution < 1.29 is 23.8 Å². The minimum atomic E-state index is -1.14. The van der Waals surface area contributed by atoms with Crippen LogP contribution in [-0.4, -0.2) is 51.6 Å². The van der Waals surface area contributed by atoms with E-state index in [4.69, 9.17) is 14.2 Å². The van der Waals surface area contributed by atoms with E-state index in [1.54, 1.807) is 32.9 Å². The first-order chi connectivity index (χ1) is 13.0. The Morgan fingerprint density at radius 1 is 1.07 bits per heavy atom. The molecule has 0 heterocycles. The molecular weight excluding hydrogens is 374 g/mol. The monoisotopic (exact) mass is 409 g/mol. The Morgan fingerprint density at radius 3 is 2.29 bits per heavy atom. The second-order valence-electron chi connectivity index (χ2n) is 9.04. The van der Waals surface area contributed by atoms with Gasteiger partial charge >= 0.3 is 6.09 Å². The molecule has 0 saturated carbocycles. The van der Waals surface area contributed by atoms with Crippen LogP contribution in [0.25, 0.3) is 0 Å². The van der Waals surface area contributed by atoms with E-state index in [9.17, 15) is 9.59 Å². The van der Waals surface area contributed by atoms with Gasteiger partial charge in [0.15, 0.2) is 5.78 Å². The number of Topliss-reactive ketones (excluding diaryl/α,β-unsaturated/α-hetero) is 1. The quantitative estimate of drug-likeness (QED) is 0.252. The van der Waals surface area contributed by atoms with Gasteiger partial charge in [-0.25, -0.2) is 4.79 Å². The summed E-state index contributed by atoms with van der Waals surface area (Å²) in [6.45, 7) is 13.2. The third-order valence-corrected chi connectivity index (χ3v) is 5.43. The Hall–Kier alpha value is -1.70. The van der Waals surface area contributed by atoms with E-state index in [0.29, 0.717) is 12.2 Å². The summed E-state index contributed by atoms with van der Waals surface area (Å²) in [5.74, 6) is -0.0649. The molecule has 0 aliphatic carbocycles. The minimum absolute atomic E-state index is 0.0649. The molecule has 6 nitrogen and oxygen atoms in total. The molecule has 7 heteroatoms. The summed E-state index contributed by atoms with van der Waals surface area (Å²) >= 11 is 0. The lowest BCUT2D eigenvalue weighted by Gasteiger charge is -2.23. The summed E-state index contributed by atoms with van der Waals surface area (Å²) < 4.78 is 16.4. The van der Waals surface area contributed by atoms with Gasteiger partial charge in [0.05, 0.1) is 12.6 Å².